The molecular formula is C30H29F3N10O3. The summed E-state index contributed by atoms with van der Waals surface area (Å²) in [7, 11) is 1.61. The Morgan fingerprint density at radius 1 is 1.07 bits per heavy atom. The molecule has 0 atom stereocenters. The van der Waals surface area contributed by atoms with Crippen molar-refractivity contribution in [2.45, 2.75) is 12.9 Å². The number of halogens is 3. The molecule has 5 aromatic rings. The number of benzene rings is 2. The first kappa shape index (κ1) is 30.6. The van der Waals surface area contributed by atoms with Gasteiger partial charge in [-0.05, 0) is 35.9 Å². The fraction of sp³-hybridized carbons (Fsp3) is 0.300. The van der Waals surface area contributed by atoms with Crippen molar-refractivity contribution < 1.29 is 27.4 Å². The molecule has 1 fully saturated rings. The van der Waals surface area contributed by atoms with Crippen LogP contribution < -0.4 is 19.7 Å². The number of imidazole rings is 1. The average Bonchev–Trinajstić information content (AvgIpc) is 3.74. The number of alkyl halides is 3. The van der Waals surface area contributed by atoms with E-state index in [-0.39, 0.29) is 11.4 Å². The molecule has 3 aromatic heterocycles. The SMILES string of the molecule is COc1ccc(CN(CCN2CCOCC2)c2cc(Nc3ccc(OC(F)(F)F)c(-n4cnnc4)c3)nn3c(C#N)cnc23)cc1. The van der Waals surface area contributed by atoms with Gasteiger partial charge in [0.25, 0.3) is 0 Å². The molecule has 4 heterocycles. The topological polar surface area (TPSA) is 131 Å². The Morgan fingerprint density at radius 3 is 2.52 bits per heavy atom. The first-order valence-corrected chi connectivity index (χ1v) is 14.3. The van der Waals surface area contributed by atoms with Crippen molar-refractivity contribution in [2.24, 2.45) is 0 Å². The van der Waals surface area contributed by atoms with Crippen LogP contribution in [0, 0.1) is 11.3 Å². The highest BCUT2D eigenvalue weighted by Gasteiger charge is 2.32. The fourth-order valence-electron chi connectivity index (χ4n) is 5.13. The average molecular weight is 635 g/mol. The zero-order chi connectivity index (χ0) is 32.1. The molecule has 16 heteroatoms. The lowest BCUT2D eigenvalue weighted by Gasteiger charge is -2.31. The number of nitrogens with one attached hydrogen (secondary N) is 1. The number of hydrogen-bond donors (Lipinski definition) is 1. The number of hydrogen-bond acceptors (Lipinski definition) is 11. The standard InChI is InChI=1S/C30H29F3N10O3/c1-44-24-5-2-21(3-6-24)18-41(9-8-40-10-12-45-13-11-40)26-15-28(39-43-23(16-34)17-35-29(26)43)38-22-4-7-27(46-30(31,32)33)25(14-22)42-19-36-37-20-42/h2-7,14-15,17,19-20H,8-13,18H2,1H3,(H,38,39). The van der Waals surface area contributed by atoms with Crippen molar-refractivity contribution >= 4 is 22.8 Å². The van der Waals surface area contributed by atoms with Crippen molar-refractivity contribution in [1.82, 2.24) is 34.3 Å². The minimum atomic E-state index is -4.90. The second-order valence-electron chi connectivity index (χ2n) is 10.4. The van der Waals surface area contributed by atoms with E-state index in [9.17, 15) is 18.4 Å². The first-order valence-electron chi connectivity index (χ1n) is 14.3. The lowest BCUT2D eigenvalue weighted by Crippen LogP contribution is -2.41. The van der Waals surface area contributed by atoms with Crippen LogP contribution in [0.4, 0.5) is 30.4 Å². The summed E-state index contributed by atoms with van der Waals surface area (Å²) in [5.74, 6) is 0.644. The third-order valence-electron chi connectivity index (χ3n) is 7.38. The van der Waals surface area contributed by atoms with Crippen LogP contribution in [0.25, 0.3) is 11.3 Å². The van der Waals surface area contributed by atoms with E-state index in [1.165, 1.54) is 46.1 Å². The minimum absolute atomic E-state index is 0.0561. The molecule has 0 spiro atoms. The number of aromatic nitrogens is 6. The van der Waals surface area contributed by atoms with Gasteiger partial charge in [-0.15, -0.1) is 28.5 Å². The molecule has 46 heavy (non-hydrogen) atoms. The number of morpholine rings is 1. The van der Waals surface area contributed by atoms with Gasteiger partial charge in [0.2, 0.25) is 0 Å². The molecular weight excluding hydrogens is 605 g/mol. The van der Waals surface area contributed by atoms with Crippen molar-refractivity contribution in [1.29, 1.82) is 5.26 Å². The quantitative estimate of drug-likeness (QED) is 0.225. The van der Waals surface area contributed by atoms with Gasteiger partial charge in [0, 0.05) is 44.5 Å². The van der Waals surface area contributed by atoms with Crippen molar-refractivity contribution in [3.05, 3.63) is 78.6 Å². The summed E-state index contributed by atoms with van der Waals surface area (Å²) in [6, 6.07) is 15.8. The third kappa shape index (κ3) is 7.11. The molecule has 0 aliphatic carbocycles. The lowest BCUT2D eigenvalue weighted by molar-refractivity contribution is -0.274. The van der Waals surface area contributed by atoms with Crippen LogP contribution in [0.15, 0.2) is 67.4 Å². The van der Waals surface area contributed by atoms with Gasteiger partial charge in [-0.3, -0.25) is 9.47 Å². The first-order chi connectivity index (χ1) is 22.3. The minimum Gasteiger partial charge on any atom is -0.497 e. The molecule has 1 N–H and O–H groups in total. The van der Waals surface area contributed by atoms with Gasteiger partial charge >= 0.3 is 6.36 Å². The van der Waals surface area contributed by atoms with Crippen LogP contribution >= 0.6 is 0 Å². The Kier molecular flexibility index (Phi) is 8.85. The Labute approximate surface area is 261 Å². The summed E-state index contributed by atoms with van der Waals surface area (Å²) in [5, 5.41) is 25.0. The molecule has 2 aromatic carbocycles. The monoisotopic (exact) mass is 634 g/mol. The highest BCUT2D eigenvalue weighted by Crippen LogP contribution is 2.33. The maximum atomic E-state index is 13.2. The molecule has 0 amide bonds. The summed E-state index contributed by atoms with van der Waals surface area (Å²) in [6.45, 7) is 4.87. The van der Waals surface area contributed by atoms with Crippen LogP contribution in [-0.4, -0.2) is 87.1 Å². The Balaban J connectivity index is 1.38. The maximum absolute atomic E-state index is 13.2. The number of anilines is 3. The fourth-order valence-corrected chi connectivity index (χ4v) is 5.13. The van der Waals surface area contributed by atoms with E-state index in [1.54, 1.807) is 7.11 Å². The van der Waals surface area contributed by atoms with Crippen LogP contribution in [0.2, 0.25) is 0 Å². The second-order valence-corrected chi connectivity index (χ2v) is 10.4. The van der Waals surface area contributed by atoms with Gasteiger partial charge in [0.1, 0.15) is 24.5 Å². The molecule has 6 rings (SSSR count). The maximum Gasteiger partial charge on any atom is 0.573 e. The molecule has 0 bridgehead atoms. The van der Waals surface area contributed by atoms with Gasteiger partial charge in [0.05, 0.1) is 37.9 Å². The van der Waals surface area contributed by atoms with Crippen LogP contribution in [0.3, 0.4) is 0 Å². The largest absolute Gasteiger partial charge is 0.573 e. The van der Waals surface area contributed by atoms with E-state index in [4.69, 9.17) is 9.47 Å². The molecule has 0 saturated carbocycles. The second kappa shape index (κ2) is 13.3. The zero-order valence-corrected chi connectivity index (χ0v) is 24.7. The normalized spacial score (nSPS) is 13.8. The Hall–Kier alpha value is -5.40. The van der Waals surface area contributed by atoms with Crippen molar-refractivity contribution in [2.75, 3.05) is 56.7 Å². The summed E-state index contributed by atoms with van der Waals surface area (Å²) in [5.41, 5.74) is 2.90. The molecule has 1 aliphatic rings. The van der Waals surface area contributed by atoms with E-state index in [2.05, 4.69) is 46.2 Å². The van der Waals surface area contributed by atoms with E-state index in [1.807, 2.05) is 30.3 Å². The molecule has 1 aliphatic heterocycles. The number of rotatable bonds is 11. The molecule has 238 valence electrons. The van der Waals surface area contributed by atoms with Crippen LogP contribution in [-0.2, 0) is 11.3 Å². The Bertz CT molecular complexity index is 1820. The van der Waals surface area contributed by atoms with E-state index in [0.717, 1.165) is 30.9 Å². The van der Waals surface area contributed by atoms with E-state index in [0.29, 0.717) is 49.1 Å². The van der Waals surface area contributed by atoms with E-state index >= 15 is 0 Å². The van der Waals surface area contributed by atoms with Gasteiger partial charge in [-0.1, -0.05) is 12.1 Å². The summed E-state index contributed by atoms with van der Waals surface area (Å²) < 4.78 is 57.3. The molecule has 0 unspecified atom stereocenters. The highest BCUT2D eigenvalue weighted by atomic mass is 19.4. The molecule has 0 radical (unpaired) electrons. The number of nitrogens with zero attached hydrogens (tertiary/aromatic N) is 9. The van der Waals surface area contributed by atoms with Crippen LogP contribution in [0.5, 0.6) is 11.5 Å². The predicted molar refractivity (Wildman–Crippen MR) is 160 cm³/mol. The Morgan fingerprint density at radius 2 is 1.83 bits per heavy atom. The molecule has 1 saturated heterocycles. The van der Waals surface area contributed by atoms with Gasteiger partial charge < -0.3 is 24.4 Å². The smallest absolute Gasteiger partial charge is 0.497 e. The van der Waals surface area contributed by atoms with Gasteiger partial charge in [-0.2, -0.15) is 9.78 Å². The van der Waals surface area contributed by atoms with Gasteiger partial charge in [-0.25, -0.2) is 4.98 Å². The third-order valence-corrected chi connectivity index (χ3v) is 7.38. The van der Waals surface area contributed by atoms with Crippen LogP contribution in [0.1, 0.15) is 11.3 Å². The number of fused-ring (bicyclic) bond motifs is 1. The zero-order valence-electron chi connectivity index (χ0n) is 24.7. The van der Waals surface area contributed by atoms with Crippen molar-refractivity contribution in [3.63, 3.8) is 0 Å². The summed E-state index contributed by atoms with van der Waals surface area (Å²) >= 11 is 0. The van der Waals surface area contributed by atoms with Crippen molar-refractivity contribution in [3.8, 4) is 23.3 Å². The number of methoxy groups -OCH3 is 1. The van der Waals surface area contributed by atoms with E-state index < -0.39 is 12.1 Å². The number of nitriles is 1. The predicted octanol–water partition coefficient (Wildman–Crippen LogP) is 4.17. The molecule has 13 nitrogen and oxygen atoms in total. The van der Waals surface area contributed by atoms with Gasteiger partial charge in [0.15, 0.2) is 22.9 Å². The summed E-state index contributed by atoms with van der Waals surface area (Å²) in [6.07, 6.45) is -0.915. The lowest BCUT2D eigenvalue weighted by atomic mass is 10.2. The summed E-state index contributed by atoms with van der Waals surface area (Å²) in [4.78, 5) is 9.02. The highest BCUT2D eigenvalue weighted by molar-refractivity contribution is 5.75. The number of ether oxygens (including phenoxy) is 3.